The first-order chi connectivity index (χ1) is 15.2. The highest BCUT2D eigenvalue weighted by atomic mass is 16.5. The molecule has 31 heavy (non-hydrogen) atoms. The smallest absolute Gasteiger partial charge is 0.259 e. The van der Waals surface area contributed by atoms with Crippen LogP contribution >= 0.6 is 0 Å². The van der Waals surface area contributed by atoms with Crippen molar-refractivity contribution < 1.29 is 9.53 Å². The Morgan fingerprint density at radius 1 is 1.19 bits per heavy atom. The van der Waals surface area contributed by atoms with Gasteiger partial charge in [-0.05, 0) is 50.1 Å². The number of nitrogens with one attached hydrogen (secondary N) is 1. The highest BCUT2D eigenvalue weighted by Gasteiger charge is 2.27. The Bertz CT molecular complexity index is 1040. The maximum atomic E-state index is 12.8. The fourth-order valence-corrected chi connectivity index (χ4v) is 4.00. The van der Waals surface area contributed by atoms with Crippen LogP contribution in [0.1, 0.15) is 52.7 Å². The Labute approximate surface area is 182 Å². The summed E-state index contributed by atoms with van der Waals surface area (Å²) in [4.78, 5) is 28.8. The van der Waals surface area contributed by atoms with Gasteiger partial charge in [0, 0.05) is 25.1 Å². The van der Waals surface area contributed by atoms with Gasteiger partial charge in [0.05, 0.1) is 30.1 Å². The molecule has 1 aliphatic heterocycles. The van der Waals surface area contributed by atoms with Crippen molar-refractivity contribution in [2.24, 2.45) is 0 Å². The van der Waals surface area contributed by atoms with E-state index in [1.54, 1.807) is 25.6 Å². The Morgan fingerprint density at radius 2 is 2.06 bits per heavy atom. The molecule has 7 heteroatoms. The molecular formula is C24H27N5O2. The number of ether oxygens (including phenoxy) is 1. The minimum atomic E-state index is -0.246. The van der Waals surface area contributed by atoms with Crippen molar-refractivity contribution in [2.75, 3.05) is 19.0 Å². The van der Waals surface area contributed by atoms with E-state index >= 15 is 0 Å². The lowest BCUT2D eigenvalue weighted by atomic mass is 10.0. The third kappa shape index (κ3) is 4.88. The zero-order valence-electron chi connectivity index (χ0n) is 17.9. The first kappa shape index (κ1) is 20.9. The molecular weight excluding hydrogens is 390 g/mol. The minimum Gasteiger partial charge on any atom is -0.495 e. The molecule has 1 fully saturated rings. The molecule has 1 N–H and O–H groups in total. The van der Waals surface area contributed by atoms with Crippen molar-refractivity contribution in [3.8, 4) is 5.75 Å². The molecule has 1 saturated heterocycles. The van der Waals surface area contributed by atoms with Gasteiger partial charge in [0.15, 0.2) is 0 Å². The summed E-state index contributed by atoms with van der Waals surface area (Å²) in [6.07, 6.45) is 8.65. The van der Waals surface area contributed by atoms with Crippen LogP contribution in [0.5, 0.6) is 5.75 Å². The molecule has 0 radical (unpaired) electrons. The molecule has 0 spiro atoms. The quantitative estimate of drug-likeness (QED) is 0.648. The number of aryl methyl sites for hydroxylation is 1. The number of methoxy groups -OCH3 is 1. The zero-order valence-corrected chi connectivity index (χ0v) is 17.9. The standard InChI is InChI=1S/C24H27N5O2/c1-17-19(24(30)28-20-9-3-4-11-22(20)31-2)15-26-23(27-17)21-10-5-6-13-29(21)16-18-8-7-12-25-14-18/h3-4,7-9,11-12,14-15,21H,5-6,10,13,16H2,1-2H3,(H,28,30)/t21-/m0/s1. The molecule has 4 rings (SSSR count). The summed E-state index contributed by atoms with van der Waals surface area (Å²) >= 11 is 0. The van der Waals surface area contributed by atoms with Gasteiger partial charge in [0.2, 0.25) is 0 Å². The molecule has 1 atom stereocenters. The number of para-hydroxylation sites is 2. The van der Waals surface area contributed by atoms with Crippen LogP contribution in [-0.4, -0.2) is 39.4 Å². The number of pyridine rings is 1. The molecule has 1 amide bonds. The second-order valence-electron chi connectivity index (χ2n) is 7.73. The number of benzene rings is 1. The van der Waals surface area contributed by atoms with Crippen LogP contribution in [0, 0.1) is 6.92 Å². The Kier molecular flexibility index (Phi) is 6.52. The molecule has 2 aromatic heterocycles. The number of hydrogen-bond acceptors (Lipinski definition) is 6. The summed E-state index contributed by atoms with van der Waals surface area (Å²) in [6.45, 7) is 3.67. The average molecular weight is 418 g/mol. The van der Waals surface area contributed by atoms with Crippen molar-refractivity contribution in [1.82, 2.24) is 19.9 Å². The van der Waals surface area contributed by atoms with Gasteiger partial charge in [-0.2, -0.15) is 0 Å². The van der Waals surface area contributed by atoms with E-state index in [-0.39, 0.29) is 11.9 Å². The maximum absolute atomic E-state index is 12.8. The SMILES string of the molecule is COc1ccccc1NC(=O)c1cnc([C@@H]2CCCCN2Cc2cccnc2)nc1C. The van der Waals surface area contributed by atoms with Crippen molar-refractivity contribution in [3.05, 3.63) is 77.6 Å². The predicted octanol–water partition coefficient (Wildman–Crippen LogP) is 4.17. The Hall–Kier alpha value is -3.32. The fourth-order valence-electron chi connectivity index (χ4n) is 4.00. The third-order valence-corrected chi connectivity index (χ3v) is 5.62. The van der Waals surface area contributed by atoms with Crippen molar-refractivity contribution in [1.29, 1.82) is 0 Å². The number of carbonyl (C=O) groups is 1. The van der Waals surface area contributed by atoms with Gasteiger partial charge >= 0.3 is 0 Å². The van der Waals surface area contributed by atoms with E-state index in [1.165, 1.54) is 5.56 Å². The minimum absolute atomic E-state index is 0.138. The first-order valence-electron chi connectivity index (χ1n) is 10.6. The third-order valence-electron chi connectivity index (χ3n) is 5.62. The lowest BCUT2D eigenvalue weighted by Crippen LogP contribution is -2.34. The molecule has 3 heterocycles. The van der Waals surface area contributed by atoms with E-state index < -0.39 is 0 Å². The van der Waals surface area contributed by atoms with Crippen LogP contribution in [-0.2, 0) is 6.54 Å². The topological polar surface area (TPSA) is 80.2 Å². The highest BCUT2D eigenvalue weighted by Crippen LogP contribution is 2.30. The van der Waals surface area contributed by atoms with Crippen molar-refractivity contribution in [2.45, 2.75) is 38.8 Å². The van der Waals surface area contributed by atoms with Gasteiger partial charge < -0.3 is 10.1 Å². The normalized spacial score (nSPS) is 16.6. The van der Waals surface area contributed by atoms with Crippen LogP contribution in [0.4, 0.5) is 5.69 Å². The number of amides is 1. The zero-order chi connectivity index (χ0) is 21.6. The van der Waals surface area contributed by atoms with E-state index in [0.29, 0.717) is 22.7 Å². The van der Waals surface area contributed by atoms with Crippen molar-refractivity contribution >= 4 is 11.6 Å². The van der Waals surface area contributed by atoms with Gasteiger partial charge in [-0.3, -0.25) is 14.7 Å². The largest absolute Gasteiger partial charge is 0.495 e. The number of rotatable bonds is 6. The van der Waals surface area contributed by atoms with E-state index in [2.05, 4.69) is 26.3 Å². The summed E-state index contributed by atoms with van der Waals surface area (Å²) in [5.41, 5.74) is 2.93. The molecule has 1 aromatic carbocycles. The van der Waals surface area contributed by atoms with Crippen LogP contribution in [0.3, 0.4) is 0 Å². The number of aromatic nitrogens is 3. The molecule has 0 saturated carbocycles. The van der Waals surface area contributed by atoms with Gasteiger partial charge in [-0.25, -0.2) is 9.97 Å². The maximum Gasteiger partial charge on any atom is 0.259 e. The summed E-state index contributed by atoms with van der Waals surface area (Å²) in [7, 11) is 1.58. The number of anilines is 1. The van der Waals surface area contributed by atoms with E-state index in [0.717, 1.165) is 38.2 Å². The monoisotopic (exact) mass is 417 g/mol. The highest BCUT2D eigenvalue weighted by molar-refractivity contribution is 6.05. The van der Waals surface area contributed by atoms with E-state index in [4.69, 9.17) is 9.72 Å². The van der Waals surface area contributed by atoms with Gasteiger partial charge in [-0.1, -0.05) is 24.6 Å². The Balaban J connectivity index is 1.52. The number of likely N-dealkylation sites (tertiary alicyclic amines) is 1. The number of hydrogen-bond donors (Lipinski definition) is 1. The number of piperidine rings is 1. The average Bonchev–Trinajstić information content (AvgIpc) is 2.80. The molecule has 0 bridgehead atoms. The summed E-state index contributed by atoms with van der Waals surface area (Å²) in [5, 5.41) is 2.90. The summed E-state index contributed by atoms with van der Waals surface area (Å²) in [5.74, 6) is 1.14. The van der Waals surface area contributed by atoms with Gasteiger partial charge in [0.25, 0.3) is 5.91 Å². The van der Waals surface area contributed by atoms with Crippen LogP contribution in [0.25, 0.3) is 0 Å². The second kappa shape index (κ2) is 9.66. The summed E-state index contributed by atoms with van der Waals surface area (Å²) in [6, 6.07) is 11.5. The Morgan fingerprint density at radius 3 is 2.84 bits per heavy atom. The number of nitrogens with zero attached hydrogens (tertiary/aromatic N) is 4. The van der Waals surface area contributed by atoms with Crippen LogP contribution < -0.4 is 10.1 Å². The molecule has 1 aliphatic rings. The molecule has 0 aliphatic carbocycles. The molecule has 3 aromatic rings. The van der Waals surface area contributed by atoms with E-state index in [1.807, 2.05) is 37.4 Å². The second-order valence-corrected chi connectivity index (χ2v) is 7.73. The molecule has 7 nitrogen and oxygen atoms in total. The lowest BCUT2D eigenvalue weighted by Gasteiger charge is -2.34. The first-order valence-corrected chi connectivity index (χ1v) is 10.6. The fraction of sp³-hybridized carbons (Fsp3) is 0.333. The lowest BCUT2D eigenvalue weighted by molar-refractivity contribution is 0.102. The van der Waals surface area contributed by atoms with Crippen molar-refractivity contribution in [3.63, 3.8) is 0 Å². The molecule has 0 unspecified atom stereocenters. The van der Waals surface area contributed by atoms with Crippen LogP contribution in [0.15, 0.2) is 55.0 Å². The van der Waals surface area contributed by atoms with E-state index in [9.17, 15) is 4.79 Å². The van der Waals surface area contributed by atoms with Gasteiger partial charge in [0.1, 0.15) is 11.6 Å². The van der Waals surface area contributed by atoms with Gasteiger partial charge in [-0.15, -0.1) is 0 Å². The summed E-state index contributed by atoms with van der Waals surface area (Å²) < 4.78 is 5.32. The molecule has 160 valence electrons. The van der Waals surface area contributed by atoms with Crippen LogP contribution in [0.2, 0.25) is 0 Å². The predicted molar refractivity (Wildman–Crippen MR) is 119 cm³/mol. The number of carbonyl (C=O) groups excluding carboxylic acids is 1.